The van der Waals surface area contributed by atoms with E-state index in [1.807, 2.05) is 6.92 Å². The number of nitrogens with zero attached hydrogens (tertiary/aromatic N) is 1. The number of unbranched alkanes of at least 4 members (excludes halogenated alkanes) is 1. The molecule has 1 aromatic heterocycles. The Balaban J connectivity index is 2.45. The zero-order valence-corrected chi connectivity index (χ0v) is 7.65. The molecule has 0 spiro atoms. The summed E-state index contributed by atoms with van der Waals surface area (Å²) in [5, 5.41) is 3.17. The molecule has 0 saturated carbocycles. The number of hydrogen-bond acceptors (Lipinski definition) is 3. The third-order valence-electron chi connectivity index (χ3n) is 1.67. The molecule has 0 saturated heterocycles. The van der Waals surface area contributed by atoms with Crippen LogP contribution in [0.2, 0.25) is 0 Å². The van der Waals surface area contributed by atoms with Crippen molar-refractivity contribution in [3.05, 3.63) is 5.82 Å². The molecule has 0 aliphatic rings. The summed E-state index contributed by atoms with van der Waals surface area (Å²) in [4.78, 5) is 7.13. The van der Waals surface area contributed by atoms with E-state index in [0.29, 0.717) is 5.82 Å². The maximum atomic E-state index is 5.64. The van der Waals surface area contributed by atoms with Crippen molar-refractivity contribution in [3.63, 3.8) is 0 Å². The van der Waals surface area contributed by atoms with Gasteiger partial charge in [-0.3, -0.25) is 0 Å². The number of aromatic amines is 1. The van der Waals surface area contributed by atoms with Gasteiger partial charge in [0.25, 0.3) is 0 Å². The van der Waals surface area contributed by atoms with E-state index in [0.717, 1.165) is 24.6 Å². The van der Waals surface area contributed by atoms with Crippen LogP contribution in [-0.4, -0.2) is 16.5 Å². The van der Waals surface area contributed by atoms with Crippen molar-refractivity contribution in [3.8, 4) is 0 Å². The van der Waals surface area contributed by atoms with Gasteiger partial charge in [0.2, 0.25) is 0 Å². The van der Waals surface area contributed by atoms with Crippen LogP contribution >= 0.6 is 0 Å². The number of rotatable bonds is 4. The van der Waals surface area contributed by atoms with Gasteiger partial charge in [0.1, 0.15) is 11.6 Å². The molecule has 1 rings (SSSR count). The number of nitrogens with one attached hydrogen (secondary N) is 2. The first-order valence-corrected chi connectivity index (χ1v) is 4.30. The van der Waals surface area contributed by atoms with Gasteiger partial charge in [-0.05, 0) is 13.3 Å². The van der Waals surface area contributed by atoms with E-state index >= 15 is 0 Å². The monoisotopic (exact) mass is 168 g/mol. The van der Waals surface area contributed by atoms with Crippen molar-refractivity contribution in [1.82, 2.24) is 9.97 Å². The number of nitrogens with two attached hydrogens (primary N) is 1. The number of aromatic nitrogens is 2. The normalized spacial score (nSPS) is 10.2. The predicted molar refractivity (Wildman–Crippen MR) is 51.1 cm³/mol. The van der Waals surface area contributed by atoms with Crippen LogP contribution < -0.4 is 11.1 Å². The van der Waals surface area contributed by atoms with Gasteiger partial charge < -0.3 is 16.0 Å². The van der Waals surface area contributed by atoms with Gasteiger partial charge in [-0.25, -0.2) is 4.98 Å². The Kier molecular flexibility index (Phi) is 2.96. The molecule has 1 heterocycles. The minimum Gasteiger partial charge on any atom is -0.382 e. The second-order valence-electron chi connectivity index (χ2n) is 2.86. The minimum atomic E-state index is 0.628. The van der Waals surface area contributed by atoms with Crippen molar-refractivity contribution >= 4 is 11.6 Å². The van der Waals surface area contributed by atoms with Gasteiger partial charge in [-0.1, -0.05) is 13.3 Å². The van der Waals surface area contributed by atoms with Crippen molar-refractivity contribution in [2.75, 3.05) is 17.6 Å². The summed E-state index contributed by atoms with van der Waals surface area (Å²) in [5.74, 6) is 2.26. The van der Waals surface area contributed by atoms with E-state index in [-0.39, 0.29) is 0 Å². The second-order valence-corrected chi connectivity index (χ2v) is 2.86. The number of anilines is 2. The SMILES string of the molecule is CCCCNc1nc(C)[nH]c1N. The van der Waals surface area contributed by atoms with Crippen LogP contribution in [0.25, 0.3) is 0 Å². The summed E-state index contributed by atoms with van der Waals surface area (Å²) in [6, 6.07) is 0. The van der Waals surface area contributed by atoms with Gasteiger partial charge in [0.15, 0.2) is 5.82 Å². The highest BCUT2D eigenvalue weighted by Crippen LogP contribution is 2.13. The van der Waals surface area contributed by atoms with E-state index < -0.39 is 0 Å². The van der Waals surface area contributed by atoms with Crippen LogP contribution in [0.3, 0.4) is 0 Å². The van der Waals surface area contributed by atoms with Crippen molar-refractivity contribution in [2.45, 2.75) is 26.7 Å². The number of nitrogen functional groups attached to an aromatic ring is 1. The number of imidazole rings is 1. The highest BCUT2D eigenvalue weighted by Gasteiger charge is 2.01. The highest BCUT2D eigenvalue weighted by atomic mass is 15.1. The van der Waals surface area contributed by atoms with Crippen molar-refractivity contribution in [2.24, 2.45) is 0 Å². The zero-order valence-electron chi connectivity index (χ0n) is 7.65. The molecule has 0 radical (unpaired) electrons. The quantitative estimate of drug-likeness (QED) is 0.597. The Morgan fingerprint density at radius 3 is 2.83 bits per heavy atom. The largest absolute Gasteiger partial charge is 0.382 e. The molecular formula is C8H16N4. The Hall–Kier alpha value is -1.19. The molecule has 0 bridgehead atoms. The van der Waals surface area contributed by atoms with Crippen LogP contribution in [0.15, 0.2) is 0 Å². The van der Waals surface area contributed by atoms with Crippen LogP contribution in [0.1, 0.15) is 25.6 Å². The molecule has 0 amide bonds. The Bertz CT molecular complexity index is 241. The first kappa shape index (κ1) is 8.90. The Morgan fingerprint density at radius 1 is 1.58 bits per heavy atom. The Labute approximate surface area is 72.6 Å². The van der Waals surface area contributed by atoms with Crippen molar-refractivity contribution in [1.29, 1.82) is 0 Å². The first-order chi connectivity index (χ1) is 5.74. The van der Waals surface area contributed by atoms with E-state index in [4.69, 9.17) is 5.73 Å². The standard InChI is InChI=1S/C8H16N4/c1-3-4-5-10-8-7(9)11-6(2)12-8/h10H,3-5,9H2,1-2H3,(H,11,12). The molecule has 0 aliphatic heterocycles. The lowest BCUT2D eigenvalue weighted by Gasteiger charge is -2.00. The van der Waals surface area contributed by atoms with Gasteiger partial charge >= 0.3 is 0 Å². The molecule has 4 N–H and O–H groups in total. The average molecular weight is 168 g/mol. The van der Waals surface area contributed by atoms with E-state index in [2.05, 4.69) is 22.2 Å². The molecule has 0 aliphatic carbocycles. The molecule has 0 unspecified atom stereocenters. The predicted octanol–water partition coefficient (Wildman–Crippen LogP) is 1.51. The lowest BCUT2D eigenvalue weighted by Crippen LogP contribution is -2.03. The fraction of sp³-hybridized carbons (Fsp3) is 0.625. The van der Waals surface area contributed by atoms with Gasteiger partial charge in [0.05, 0.1) is 0 Å². The highest BCUT2D eigenvalue weighted by molar-refractivity contribution is 5.56. The summed E-state index contributed by atoms with van der Waals surface area (Å²) in [6.45, 7) is 4.98. The summed E-state index contributed by atoms with van der Waals surface area (Å²) >= 11 is 0. The molecule has 4 nitrogen and oxygen atoms in total. The zero-order chi connectivity index (χ0) is 8.97. The van der Waals surface area contributed by atoms with Gasteiger partial charge in [0, 0.05) is 6.54 Å². The molecule has 68 valence electrons. The summed E-state index contributed by atoms with van der Waals surface area (Å²) in [7, 11) is 0. The van der Waals surface area contributed by atoms with Crippen molar-refractivity contribution < 1.29 is 0 Å². The molecule has 1 aromatic rings. The molecule has 0 aromatic carbocycles. The summed E-state index contributed by atoms with van der Waals surface area (Å²) < 4.78 is 0. The van der Waals surface area contributed by atoms with E-state index in [1.54, 1.807) is 0 Å². The Morgan fingerprint density at radius 2 is 2.33 bits per heavy atom. The van der Waals surface area contributed by atoms with Crippen LogP contribution in [0, 0.1) is 6.92 Å². The molecule has 4 heteroatoms. The van der Waals surface area contributed by atoms with E-state index in [1.165, 1.54) is 6.42 Å². The fourth-order valence-electron chi connectivity index (χ4n) is 1.03. The molecular weight excluding hydrogens is 152 g/mol. The minimum absolute atomic E-state index is 0.628. The van der Waals surface area contributed by atoms with Crippen LogP contribution in [0.4, 0.5) is 11.6 Å². The van der Waals surface area contributed by atoms with Gasteiger partial charge in [-0.2, -0.15) is 0 Å². The number of H-pyrrole nitrogens is 1. The van der Waals surface area contributed by atoms with Crippen LogP contribution in [0.5, 0.6) is 0 Å². The lowest BCUT2D eigenvalue weighted by atomic mass is 10.3. The maximum Gasteiger partial charge on any atom is 0.168 e. The summed E-state index contributed by atoms with van der Waals surface area (Å²) in [5.41, 5.74) is 5.64. The molecule has 0 atom stereocenters. The van der Waals surface area contributed by atoms with E-state index in [9.17, 15) is 0 Å². The lowest BCUT2D eigenvalue weighted by molar-refractivity contribution is 0.832. The summed E-state index contributed by atoms with van der Waals surface area (Å²) in [6.07, 6.45) is 2.32. The number of aryl methyl sites for hydroxylation is 1. The third-order valence-corrected chi connectivity index (χ3v) is 1.67. The fourth-order valence-corrected chi connectivity index (χ4v) is 1.03. The van der Waals surface area contributed by atoms with Crippen LogP contribution in [-0.2, 0) is 0 Å². The van der Waals surface area contributed by atoms with Gasteiger partial charge in [-0.15, -0.1) is 0 Å². The molecule has 12 heavy (non-hydrogen) atoms. The molecule has 0 fully saturated rings. The second kappa shape index (κ2) is 3.99. The topological polar surface area (TPSA) is 66.7 Å². The first-order valence-electron chi connectivity index (χ1n) is 4.30. The third kappa shape index (κ3) is 2.15. The average Bonchev–Trinajstić information content (AvgIpc) is 2.31. The number of hydrogen-bond donors (Lipinski definition) is 3. The maximum absolute atomic E-state index is 5.64. The smallest absolute Gasteiger partial charge is 0.168 e.